The lowest BCUT2D eigenvalue weighted by Gasteiger charge is -2.09. The maximum absolute atomic E-state index is 10.3. The van der Waals surface area contributed by atoms with Gasteiger partial charge in [0, 0.05) is 34.9 Å². The molecule has 0 radical (unpaired) electrons. The number of rotatable bonds is 7. The molecule has 1 heterocycles. The third-order valence-corrected chi connectivity index (χ3v) is 4.07. The minimum atomic E-state index is 0.399. The van der Waals surface area contributed by atoms with Crippen molar-refractivity contribution in [2.75, 3.05) is 6.54 Å². The van der Waals surface area contributed by atoms with Crippen molar-refractivity contribution in [2.45, 2.75) is 25.8 Å². The number of amides is 1. The zero-order valence-electron chi connectivity index (χ0n) is 12.5. The van der Waals surface area contributed by atoms with Crippen molar-refractivity contribution < 1.29 is 10.0 Å². The number of unbranched alkanes of at least 4 members (excludes halogenated alkanes) is 2. The van der Waals surface area contributed by atoms with E-state index in [9.17, 15) is 4.79 Å². The van der Waals surface area contributed by atoms with Gasteiger partial charge in [-0.1, -0.05) is 36.4 Å². The molecule has 3 aromatic rings. The van der Waals surface area contributed by atoms with E-state index in [2.05, 4.69) is 53.1 Å². The molecule has 0 aliphatic rings. The Hall–Kier alpha value is -2.33. The third-order valence-electron chi connectivity index (χ3n) is 4.07. The number of aryl methyl sites for hydroxylation is 1. The fourth-order valence-electron chi connectivity index (χ4n) is 3.02. The predicted octanol–water partition coefficient (Wildman–Crippen LogP) is 3.81. The first-order valence-corrected chi connectivity index (χ1v) is 7.68. The summed E-state index contributed by atoms with van der Waals surface area (Å²) in [6, 6.07) is 17.0. The van der Waals surface area contributed by atoms with Gasteiger partial charge in [0.2, 0.25) is 6.41 Å². The van der Waals surface area contributed by atoms with Gasteiger partial charge in [0.25, 0.3) is 0 Å². The first kappa shape index (κ1) is 14.6. The highest BCUT2D eigenvalue weighted by molar-refractivity contribution is 6.07. The van der Waals surface area contributed by atoms with Gasteiger partial charge in [-0.2, -0.15) is 0 Å². The van der Waals surface area contributed by atoms with E-state index in [-0.39, 0.29) is 0 Å². The summed E-state index contributed by atoms with van der Waals surface area (Å²) < 4.78 is 2.36. The van der Waals surface area contributed by atoms with Crippen LogP contribution in [0, 0.1) is 0 Å². The molecule has 4 nitrogen and oxygen atoms in total. The molecule has 0 unspecified atom stereocenters. The predicted molar refractivity (Wildman–Crippen MR) is 87.9 cm³/mol. The molecule has 0 saturated heterocycles. The number of aromatic nitrogens is 1. The molecule has 0 bridgehead atoms. The van der Waals surface area contributed by atoms with Crippen molar-refractivity contribution >= 4 is 28.2 Å². The molecule has 3 rings (SSSR count). The summed E-state index contributed by atoms with van der Waals surface area (Å²) in [6.45, 7) is 1.34. The molecule has 4 heteroatoms. The lowest BCUT2D eigenvalue weighted by atomic mass is 10.2. The standard InChI is InChI=1S/C18H20N2O2/c21-14-19(22)12-6-1-7-13-20-17-10-4-2-8-15(17)16-9-3-5-11-18(16)20/h2-5,8-11,14,22H,1,6-7,12-13H2. The van der Waals surface area contributed by atoms with Crippen LogP contribution in [0.2, 0.25) is 0 Å². The number of para-hydroxylation sites is 2. The van der Waals surface area contributed by atoms with Crippen LogP contribution in [0.5, 0.6) is 0 Å². The van der Waals surface area contributed by atoms with Gasteiger partial charge >= 0.3 is 0 Å². The first-order valence-electron chi connectivity index (χ1n) is 7.68. The highest BCUT2D eigenvalue weighted by atomic mass is 16.5. The van der Waals surface area contributed by atoms with Crippen molar-refractivity contribution in [2.24, 2.45) is 0 Å². The molecular formula is C18H20N2O2. The number of hydrogen-bond acceptors (Lipinski definition) is 2. The number of carbonyl (C=O) groups excluding carboxylic acids is 1. The van der Waals surface area contributed by atoms with Gasteiger partial charge in [-0.05, 0) is 31.4 Å². The molecule has 0 aliphatic carbocycles. The Morgan fingerprint density at radius 1 is 0.909 bits per heavy atom. The van der Waals surface area contributed by atoms with Gasteiger partial charge in [-0.3, -0.25) is 10.0 Å². The van der Waals surface area contributed by atoms with Gasteiger partial charge in [0.1, 0.15) is 0 Å². The molecule has 0 spiro atoms. The molecule has 0 aliphatic heterocycles. The maximum Gasteiger partial charge on any atom is 0.233 e. The Balaban J connectivity index is 1.76. The Morgan fingerprint density at radius 3 is 2.09 bits per heavy atom. The van der Waals surface area contributed by atoms with Gasteiger partial charge in [0.05, 0.1) is 0 Å². The molecule has 22 heavy (non-hydrogen) atoms. The van der Waals surface area contributed by atoms with E-state index in [0.717, 1.165) is 25.8 Å². The lowest BCUT2D eigenvalue weighted by molar-refractivity contribution is -0.149. The molecule has 0 fully saturated rings. The maximum atomic E-state index is 10.3. The summed E-state index contributed by atoms with van der Waals surface area (Å²) in [4.78, 5) is 10.3. The summed E-state index contributed by atoms with van der Waals surface area (Å²) in [7, 11) is 0. The summed E-state index contributed by atoms with van der Waals surface area (Å²) >= 11 is 0. The summed E-state index contributed by atoms with van der Waals surface area (Å²) in [5, 5.41) is 12.4. The summed E-state index contributed by atoms with van der Waals surface area (Å²) in [5.74, 6) is 0. The van der Waals surface area contributed by atoms with Crippen molar-refractivity contribution in [3.8, 4) is 0 Å². The van der Waals surface area contributed by atoms with Crippen LogP contribution in [0.4, 0.5) is 0 Å². The SMILES string of the molecule is O=CN(O)CCCCCn1c2ccccc2c2ccccc21. The summed E-state index contributed by atoms with van der Waals surface area (Å²) in [6.07, 6.45) is 3.26. The molecular weight excluding hydrogens is 276 g/mol. The molecule has 0 saturated carbocycles. The van der Waals surface area contributed by atoms with Gasteiger partial charge in [0.15, 0.2) is 0 Å². The number of hydrogen-bond donors (Lipinski definition) is 1. The Bertz CT molecular complexity index is 726. The second kappa shape index (κ2) is 6.62. The van der Waals surface area contributed by atoms with E-state index in [4.69, 9.17) is 5.21 Å². The highest BCUT2D eigenvalue weighted by Crippen LogP contribution is 2.28. The largest absolute Gasteiger partial charge is 0.340 e. The van der Waals surface area contributed by atoms with Crippen molar-refractivity contribution in [1.29, 1.82) is 0 Å². The molecule has 1 N–H and O–H groups in total. The van der Waals surface area contributed by atoms with Gasteiger partial charge in [-0.15, -0.1) is 0 Å². The quantitative estimate of drug-likeness (QED) is 0.312. The van der Waals surface area contributed by atoms with E-state index >= 15 is 0 Å². The molecule has 0 atom stereocenters. The second-order valence-corrected chi connectivity index (χ2v) is 5.52. The molecule has 114 valence electrons. The minimum Gasteiger partial charge on any atom is -0.340 e. The fourth-order valence-corrected chi connectivity index (χ4v) is 3.02. The van der Waals surface area contributed by atoms with Crippen molar-refractivity contribution in [3.63, 3.8) is 0 Å². The molecule has 2 aromatic carbocycles. The van der Waals surface area contributed by atoms with E-state index in [1.165, 1.54) is 21.8 Å². The van der Waals surface area contributed by atoms with Crippen LogP contribution in [-0.2, 0) is 11.3 Å². The third kappa shape index (κ3) is 2.83. The topological polar surface area (TPSA) is 45.5 Å². The van der Waals surface area contributed by atoms with Crippen LogP contribution in [0.1, 0.15) is 19.3 Å². The van der Waals surface area contributed by atoms with Gasteiger partial charge in [-0.25, -0.2) is 5.06 Å². The van der Waals surface area contributed by atoms with Gasteiger partial charge < -0.3 is 4.57 Å². The average molecular weight is 296 g/mol. The smallest absolute Gasteiger partial charge is 0.233 e. The zero-order chi connectivity index (χ0) is 15.4. The van der Waals surface area contributed by atoms with Crippen LogP contribution in [-0.4, -0.2) is 27.8 Å². The number of benzene rings is 2. The van der Waals surface area contributed by atoms with Crippen LogP contribution < -0.4 is 0 Å². The fraction of sp³-hybridized carbons (Fsp3) is 0.278. The number of carbonyl (C=O) groups is 1. The van der Waals surface area contributed by atoms with E-state index in [1.54, 1.807) is 0 Å². The highest BCUT2D eigenvalue weighted by Gasteiger charge is 2.08. The zero-order valence-corrected chi connectivity index (χ0v) is 12.5. The average Bonchev–Trinajstić information content (AvgIpc) is 2.89. The van der Waals surface area contributed by atoms with Crippen molar-refractivity contribution in [3.05, 3.63) is 48.5 Å². The second-order valence-electron chi connectivity index (χ2n) is 5.52. The number of nitrogens with zero attached hydrogens (tertiary/aromatic N) is 2. The minimum absolute atomic E-state index is 0.399. The van der Waals surface area contributed by atoms with E-state index in [0.29, 0.717) is 18.0 Å². The first-order chi connectivity index (χ1) is 10.8. The van der Waals surface area contributed by atoms with E-state index < -0.39 is 0 Å². The number of fused-ring (bicyclic) bond motifs is 3. The van der Waals surface area contributed by atoms with Crippen LogP contribution in [0.15, 0.2) is 48.5 Å². The summed E-state index contributed by atoms with van der Waals surface area (Å²) in [5.41, 5.74) is 2.53. The van der Waals surface area contributed by atoms with E-state index in [1.807, 2.05) is 0 Å². The molecule has 1 amide bonds. The number of hydroxylamine groups is 2. The Labute approximate surface area is 129 Å². The lowest BCUT2D eigenvalue weighted by Crippen LogP contribution is -2.17. The normalized spacial score (nSPS) is 11.1. The van der Waals surface area contributed by atoms with Crippen LogP contribution >= 0.6 is 0 Å². The molecule has 1 aromatic heterocycles. The van der Waals surface area contributed by atoms with Crippen LogP contribution in [0.3, 0.4) is 0 Å². The Morgan fingerprint density at radius 2 is 1.50 bits per heavy atom. The monoisotopic (exact) mass is 296 g/mol. The van der Waals surface area contributed by atoms with Crippen LogP contribution in [0.25, 0.3) is 21.8 Å². The van der Waals surface area contributed by atoms with Crippen molar-refractivity contribution in [1.82, 2.24) is 9.63 Å². The Kier molecular flexibility index (Phi) is 4.39.